The van der Waals surface area contributed by atoms with E-state index < -0.39 is 11.9 Å². The minimum atomic E-state index is -0.738. The Morgan fingerprint density at radius 2 is 2.16 bits per heavy atom. The summed E-state index contributed by atoms with van der Waals surface area (Å²) < 4.78 is 18.7. The minimum absolute atomic E-state index is 0.0895. The predicted octanol–water partition coefficient (Wildman–Crippen LogP) is 2.84. The molecule has 0 spiro atoms. The Bertz CT molecular complexity index is 484. The van der Waals surface area contributed by atoms with Crippen LogP contribution in [0.3, 0.4) is 0 Å². The number of ether oxygens (including phenoxy) is 1. The fraction of sp³-hybridized carbons (Fsp3) is 0.467. The molecule has 1 aliphatic carbocycles. The second-order valence-electron chi connectivity index (χ2n) is 4.76. The van der Waals surface area contributed by atoms with Gasteiger partial charge in [0.1, 0.15) is 17.5 Å². The molecule has 0 saturated heterocycles. The lowest BCUT2D eigenvalue weighted by atomic mass is 9.77. The Labute approximate surface area is 111 Å². The zero-order chi connectivity index (χ0) is 13.8. The van der Waals surface area contributed by atoms with E-state index in [9.17, 15) is 14.0 Å². The average Bonchev–Trinajstić information content (AvgIpc) is 2.40. The summed E-state index contributed by atoms with van der Waals surface area (Å²) >= 11 is 0. The molecule has 3 nitrogen and oxygen atoms in total. The third-order valence-corrected chi connectivity index (χ3v) is 3.56. The lowest BCUT2D eigenvalue weighted by molar-refractivity contribution is -0.153. The van der Waals surface area contributed by atoms with E-state index in [0.29, 0.717) is 24.8 Å². The summed E-state index contributed by atoms with van der Waals surface area (Å²) in [6.45, 7) is 1.96. The monoisotopic (exact) mass is 264 g/mol. The molecule has 0 N–H and O–H groups in total. The molecule has 1 aliphatic rings. The van der Waals surface area contributed by atoms with Gasteiger partial charge in [-0.25, -0.2) is 4.39 Å². The van der Waals surface area contributed by atoms with E-state index in [0.717, 1.165) is 0 Å². The van der Waals surface area contributed by atoms with Gasteiger partial charge < -0.3 is 4.74 Å². The van der Waals surface area contributed by atoms with Crippen molar-refractivity contribution in [3.05, 3.63) is 35.6 Å². The first-order valence-electron chi connectivity index (χ1n) is 6.57. The highest BCUT2D eigenvalue weighted by Gasteiger charge is 2.36. The molecule has 1 aromatic carbocycles. The molecule has 0 bridgehead atoms. The predicted molar refractivity (Wildman–Crippen MR) is 68.1 cm³/mol. The molecule has 102 valence electrons. The molecule has 0 aromatic heterocycles. The van der Waals surface area contributed by atoms with E-state index in [1.807, 2.05) is 0 Å². The number of hydrogen-bond donors (Lipinski definition) is 0. The van der Waals surface area contributed by atoms with Crippen molar-refractivity contribution in [3.63, 3.8) is 0 Å². The first-order chi connectivity index (χ1) is 9.13. The van der Waals surface area contributed by atoms with Gasteiger partial charge in [-0.05, 0) is 37.3 Å². The van der Waals surface area contributed by atoms with Crippen LogP contribution in [0.15, 0.2) is 24.3 Å². The van der Waals surface area contributed by atoms with Gasteiger partial charge in [-0.15, -0.1) is 0 Å². The molecule has 0 aliphatic heterocycles. The highest BCUT2D eigenvalue weighted by Crippen LogP contribution is 2.36. The van der Waals surface area contributed by atoms with Crippen molar-refractivity contribution >= 4 is 11.8 Å². The van der Waals surface area contributed by atoms with Crippen LogP contribution < -0.4 is 0 Å². The number of carbonyl (C=O) groups is 2. The van der Waals surface area contributed by atoms with E-state index in [2.05, 4.69) is 0 Å². The van der Waals surface area contributed by atoms with Gasteiger partial charge in [0.05, 0.1) is 6.61 Å². The number of benzene rings is 1. The Kier molecular flexibility index (Phi) is 4.30. The zero-order valence-electron chi connectivity index (χ0n) is 10.9. The minimum Gasteiger partial charge on any atom is -0.465 e. The van der Waals surface area contributed by atoms with Gasteiger partial charge in [0.15, 0.2) is 0 Å². The Hall–Kier alpha value is -1.71. The van der Waals surface area contributed by atoms with Crippen LogP contribution >= 0.6 is 0 Å². The van der Waals surface area contributed by atoms with Crippen molar-refractivity contribution in [1.29, 1.82) is 0 Å². The number of hydrogen-bond acceptors (Lipinski definition) is 3. The van der Waals surface area contributed by atoms with Gasteiger partial charge in [-0.1, -0.05) is 18.2 Å². The second kappa shape index (κ2) is 5.95. The maximum Gasteiger partial charge on any atom is 0.316 e. The van der Waals surface area contributed by atoms with Crippen LogP contribution in [0.5, 0.6) is 0 Å². The molecular formula is C15H17FO3. The average molecular weight is 264 g/mol. The molecule has 2 rings (SSSR count). The van der Waals surface area contributed by atoms with Gasteiger partial charge in [0.2, 0.25) is 0 Å². The summed E-state index contributed by atoms with van der Waals surface area (Å²) in [5.41, 5.74) is 0.587. The Balaban J connectivity index is 2.15. The second-order valence-corrected chi connectivity index (χ2v) is 4.76. The highest BCUT2D eigenvalue weighted by atomic mass is 19.1. The fourth-order valence-electron chi connectivity index (χ4n) is 2.58. The number of ketones is 1. The largest absolute Gasteiger partial charge is 0.465 e. The summed E-state index contributed by atoms with van der Waals surface area (Å²) in [6, 6.07) is 6.53. The molecule has 0 amide bonds. The van der Waals surface area contributed by atoms with E-state index >= 15 is 0 Å². The number of carbonyl (C=O) groups excluding carboxylic acids is 2. The molecule has 0 radical (unpaired) electrons. The zero-order valence-corrected chi connectivity index (χ0v) is 10.9. The van der Waals surface area contributed by atoms with Gasteiger partial charge in [-0.3, -0.25) is 9.59 Å². The van der Waals surface area contributed by atoms with Gasteiger partial charge in [0.25, 0.3) is 0 Å². The molecule has 0 heterocycles. The first kappa shape index (κ1) is 13.7. The molecule has 19 heavy (non-hydrogen) atoms. The summed E-state index contributed by atoms with van der Waals surface area (Å²) in [5.74, 6) is -1.67. The standard InChI is InChI=1S/C15H17FO3/c1-2-19-15(18)12-9-10(7-8-14(12)17)11-5-3-4-6-13(11)16/h3-6,10,12H,2,7-9H2,1H3. The van der Waals surface area contributed by atoms with Gasteiger partial charge in [-0.2, -0.15) is 0 Å². The molecule has 1 fully saturated rings. The Morgan fingerprint density at radius 3 is 2.84 bits per heavy atom. The number of Topliss-reactive ketones (excluding diaryl/α,β-unsaturated/α-hetero) is 1. The van der Waals surface area contributed by atoms with Gasteiger partial charge >= 0.3 is 5.97 Å². The number of esters is 1. The highest BCUT2D eigenvalue weighted by molar-refractivity contribution is 5.99. The van der Waals surface area contributed by atoms with Crippen LogP contribution in [0, 0.1) is 11.7 Å². The normalized spacial score (nSPS) is 23.2. The smallest absolute Gasteiger partial charge is 0.316 e. The number of halogens is 1. The van der Waals surface area contributed by atoms with Crippen molar-refractivity contribution in [3.8, 4) is 0 Å². The third kappa shape index (κ3) is 3.00. The van der Waals surface area contributed by atoms with Crippen LogP contribution in [0.4, 0.5) is 4.39 Å². The van der Waals surface area contributed by atoms with Crippen LogP contribution in [0.2, 0.25) is 0 Å². The third-order valence-electron chi connectivity index (χ3n) is 3.56. The topological polar surface area (TPSA) is 43.4 Å². The fourth-order valence-corrected chi connectivity index (χ4v) is 2.58. The van der Waals surface area contributed by atoms with Crippen molar-refractivity contribution in [2.24, 2.45) is 5.92 Å². The lowest BCUT2D eigenvalue weighted by Gasteiger charge is -2.27. The van der Waals surface area contributed by atoms with Crippen LogP contribution in [-0.4, -0.2) is 18.4 Å². The van der Waals surface area contributed by atoms with Crippen molar-refractivity contribution < 1.29 is 18.7 Å². The summed E-state index contributed by atoms with van der Waals surface area (Å²) in [7, 11) is 0. The van der Waals surface area contributed by atoms with Crippen molar-refractivity contribution in [1.82, 2.24) is 0 Å². The lowest BCUT2D eigenvalue weighted by Crippen LogP contribution is -2.32. The first-order valence-corrected chi connectivity index (χ1v) is 6.57. The van der Waals surface area contributed by atoms with Crippen molar-refractivity contribution in [2.45, 2.75) is 32.1 Å². The van der Waals surface area contributed by atoms with Crippen LogP contribution in [-0.2, 0) is 14.3 Å². The van der Waals surface area contributed by atoms with Crippen LogP contribution in [0.1, 0.15) is 37.7 Å². The molecule has 4 heteroatoms. The molecular weight excluding hydrogens is 247 g/mol. The molecule has 1 aromatic rings. The summed E-state index contributed by atoms with van der Waals surface area (Å²) in [5, 5.41) is 0. The quantitative estimate of drug-likeness (QED) is 0.623. The Morgan fingerprint density at radius 1 is 1.42 bits per heavy atom. The summed E-state index contributed by atoms with van der Waals surface area (Å²) in [4.78, 5) is 23.5. The van der Waals surface area contributed by atoms with Gasteiger partial charge in [0, 0.05) is 6.42 Å². The maximum atomic E-state index is 13.7. The van der Waals surface area contributed by atoms with E-state index in [1.54, 1.807) is 25.1 Å². The van der Waals surface area contributed by atoms with E-state index in [-0.39, 0.29) is 24.1 Å². The molecule has 2 atom stereocenters. The maximum absolute atomic E-state index is 13.7. The van der Waals surface area contributed by atoms with Crippen LogP contribution in [0.25, 0.3) is 0 Å². The van der Waals surface area contributed by atoms with E-state index in [4.69, 9.17) is 4.74 Å². The molecule has 1 saturated carbocycles. The summed E-state index contributed by atoms with van der Waals surface area (Å²) in [6.07, 6.45) is 1.25. The van der Waals surface area contributed by atoms with E-state index in [1.165, 1.54) is 6.07 Å². The SMILES string of the molecule is CCOC(=O)C1CC(c2ccccc2F)CCC1=O. The number of rotatable bonds is 3. The van der Waals surface area contributed by atoms with Crippen molar-refractivity contribution in [2.75, 3.05) is 6.61 Å². The molecule has 2 unspecified atom stereocenters.